The van der Waals surface area contributed by atoms with Crippen LogP contribution >= 0.6 is 28.6 Å². The van der Waals surface area contributed by atoms with E-state index in [2.05, 4.69) is 39.2 Å². The molecule has 2 amide bonds. The molecule has 1 atom stereocenters. The number of rotatable bonds is 9. The molecule has 0 fully saturated rings. The predicted octanol–water partition coefficient (Wildman–Crippen LogP) is 4.45. The number of benzene rings is 3. The van der Waals surface area contributed by atoms with Crippen LogP contribution in [0.4, 0.5) is 11.4 Å². The smallest absolute Gasteiger partial charge is 0.242 e. The van der Waals surface area contributed by atoms with Crippen molar-refractivity contribution in [1.82, 2.24) is 0 Å². The Kier molecular flexibility index (Phi) is 8.82. The molecule has 33 heavy (non-hydrogen) atoms. The van der Waals surface area contributed by atoms with Gasteiger partial charge in [-0.25, -0.2) is 0 Å². The average molecular weight is 526 g/mol. The molecule has 0 saturated carbocycles. The Hall–Kier alpha value is -2.94. The lowest BCUT2D eigenvalue weighted by atomic mass is 10.0. The molecule has 0 heterocycles. The number of amides is 2. The van der Waals surface area contributed by atoms with Gasteiger partial charge in [-0.15, -0.1) is 0 Å². The van der Waals surface area contributed by atoms with Gasteiger partial charge in [-0.1, -0.05) is 58.4 Å². The molecule has 0 saturated heterocycles. The van der Waals surface area contributed by atoms with E-state index >= 15 is 0 Å². The van der Waals surface area contributed by atoms with Crippen molar-refractivity contribution < 1.29 is 14.4 Å². The molecule has 4 N–H and O–H groups in total. The minimum Gasteiger partial charge on any atom is -0.325 e. The topological polar surface area (TPSA) is 101 Å². The van der Waals surface area contributed by atoms with E-state index in [-0.39, 0.29) is 29.4 Å². The van der Waals surface area contributed by atoms with Crippen molar-refractivity contribution in [1.29, 1.82) is 0 Å². The summed E-state index contributed by atoms with van der Waals surface area (Å²) in [6.45, 7) is 0. The van der Waals surface area contributed by atoms with Crippen molar-refractivity contribution in [3.63, 3.8) is 0 Å². The summed E-state index contributed by atoms with van der Waals surface area (Å²) in [6.07, 6.45) is 0.826. The zero-order valence-corrected chi connectivity index (χ0v) is 20.2. The lowest BCUT2D eigenvalue weighted by Gasteiger charge is -2.15. The molecule has 0 aliphatic heterocycles. The number of anilines is 2. The minimum absolute atomic E-state index is 0.189. The van der Waals surface area contributed by atoms with Crippen LogP contribution in [0, 0.1) is 0 Å². The summed E-state index contributed by atoms with van der Waals surface area (Å²) in [7, 11) is 0. The number of hydrogen-bond acceptors (Lipinski definition) is 5. The highest BCUT2D eigenvalue weighted by molar-refractivity contribution is 9.10. The molecular formula is C25H24BrN3O3S. The second-order valence-corrected chi connectivity index (χ2v) is 8.69. The fourth-order valence-electron chi connectivity index (χ4n) is 3.10. The Labute approximate surface area is 206 Å². The summed E-state index contributed by atoms with van der Waals surface area (Å²) < 4.78 is 0.974. The number of ketones is 1. The molecule has 0 bridgehead atoms. The van der Waals surface area contributed by atoms with E-state index in [4.69, 9.17) is 5.73 Å². The molecule has 3 aromatic rings. The Balaban J connectivity index is 1.81. The van der Waals surface area contributed by atoms with E-state index in [0.29, 0.717) is 23.4 Å². The maximum Gasteiger partial charge on any atom is 0.242 e. The van der Waals surface area contributed by atoms with Crippen LogP contribution in [0.15, 0.2) is 77.3 Å². The van der Waals surface area contributed by atoms with Gasteiger partial charge >= 0.3 is 0 Å². The van der Waals surface area contributed by atoms with Gasteiger partial charge in [0.05, 0.1) is 11.7 Å². The van der Waals surface area contributed by atoms with Gasteiger partial charge in [0.2, 0.25) is 11.8 Å². The normalized spacial score (nSPS) is 11.5. The van der Waals surface area contributed by atoms with Gasteiger partial charge < -0.3 is 16.4 Å². The van der Waals surface area contributed by atoms with Crippen LogP contribution in [0.2, 0.25) is 0 Å². The van der Waals surface area contributed by atoms with Gasteiger partial charge in [0.25, 0.3) is 0 Å². The number of thiol groups is 1. The molecule has 0 spiro atoms. The van der Waals surface area contributed by atoms with Crippen LogP contribution < -0.4 is 16.4 Å². The Bertz CT molecular complexity index is 1140. The lowest BCUT2D eigenvalue weighted by molar-refractivity contribution is -0.117. The number of hydrogen-bond donors (Lipinski definition) is 4. The van der Waals surface area contributed by atoms with Crippen molar-refractivity contribution in [2.24, 2.45) is 5.73 Å². The number of carbonyl (C=O) groups is 3. The van der Waals surface area contributed by atoms with Crippen molar-refractivity contribution in [3.8, 4) is 0 Å². The average Bonchev–Trinajstić information content (AvgIpc) is 2.84. The van der Waals surface area contributed by atoms with Crippen molar-refractivity contribution in [2.75, 3.05) is 16.4 Å². The molecular weight excluding hydrogens is 502 g/mol. The molecule has 0 aliphatic rings. The molecule has 0 aliphatic carbocycles. The molecule has 3 aromatic carbocycles. The zero-order chi connectivity index (χ0) is 23.8. The van der Waals surface area contributed by atoms with E-state index in [9.17, 15) is 14.4 Å². The fraction of sp³-hybridized carbons (Fsp3) is 0.160. The number of aryl methyl sites for hydroxylation is 1. The Morgan fingerprint density at radius 2 is 1.64 bits per heavy atom. The highest BCUT2D eigenvalue weighted by Gasteiger charge is 2.18. The quantitative estimate of drug-likeness (QED) is 0.245. The van der Waals surface area contributed by atoms with Crippen molar-refractivity contribution in [3.05, 3.63) is 94.0 Å². The predicted molar refractivity (Wildman–Crippen MR) is 138 cm³/mol. The summed E-state index contributed by atoms with van der Waals surface area (Å²) in [5.41, 5.74) is 8.29. The largest absolute Gasteiger partial charge is 0.325 e. The van der Waals surface area contributed by atoms with Crippen LogP contribution in [-0.2, 0) is 16.0 Å². The number of halogens is 1. The molecule has 8 heteroatoms. The lowest BCUT2D eigenvalue weighted by Crippen LogP contribution is -2.37. The number of carbonyl (C=O) groups excluding carboxylic acids is 3. The number of nitrogens with two attached hydrogens (primary N) is 1. The third kappa shape index (κ3) is 7.02. The van der Waals surface area contributed by atoms with E-state index in [0.717, 1.165) is 10.0 Å². The Morgan fingerprint density at radius 3 is 2.30 bits per heavy atom. The Morgan fingerprint density at radius 1 is 0.939 bits per heavy atom. The van der Waals surface area contributed by atoms with E-state index in [1.807, 2.05) is 30.3 Å². The van der Waals surface area contributed by atoms with Gasteiger partial charge in [-0.3, -0.25) is 14.4 Å². The van der Waals surface area contributed by atoms with Crippen molar-refractivity contribution >= 4 is 57.5 Å². The van der Waals surface area contributed by atoms with Crippen molar-refractivity contribution in [2.45, 2.75) is 18.9 Å². The standard InChI is InChI=1S/C25H24BrN3O3S/c26-18-9-6-16(7-10-18)8-13-23(30)29-22-12-11-19(28-25(32)21(27)15-33)14-20(22)24(31)17-4-2-1-3-5-17/h1-7,9-12,14,21,33H,8,13,15,27H2,(H,28,32)(H,29,30)/t21-/m0/s1. The monoisotopic (exact) mass is 525 g/mol. The molecule has 3 rings (SSSR count). The third-order valence-corrected chi connectivity index (χ3v) is 5.85. The summed E-state index contributed by atoms with van der Waals surface area (Å²) in [4.78, 5) is 38.0. The second kappa shape index (κ2) is 11.8. The first-order chi connectivity index (χ1) is 15.9. The first-order valence-corrected chi connectivity index (χ1v) is 11.8. The summed E-state index contributed by atoms with van der Waals surface area (Å²) in [6, 6.07) is 20.5. The van der Waals surface area contributed by atoms with Gasteiger partial charge in [-0.05, 0) is 42.3 Å². The maximum atomic E-state index is 13.2. The van der Waals surface area contributed by atoms with Gasteiger partial charge in [0, 0.05) is 33.5 Å². The van der Waals surface area contributed by atoms with Crippen LogP contribution in [-0.4, -0.2) is 29.4 Å². The first-order valence-electron chi connectivity index (χ1n) is 10.3. The van der Waals surface area contributed by atoms with Crippen LogP contribution in [0.3, 0.4) is 0 Å². The molecule has 170 valence electrons. The van der Waals surface area contributed by atoms with Crippen LogP contribution in [0.5, 0.6) is 0 Å². The zero-order valence-electron chi connectivity index (χ0n) is 17.8. The van der Waals surface area contributed by atoms with Gasteiger partial charge in [0.1, 0.15) is 0 Å². The highest BCUT2D eigenvalue weighted by atomic mass is 79.9. The van der Waals surface area contributed by atoms with Gasteiger partial charge in [-0.2, -0.15) is 12.6 Å². The SMILES string of the molecule is N[C@@H](CS)C(=O)Nc1ccc(NC(=O)CCc2ccc(Br)cc2)c(C(=O)c2ccccc2)c1. The van der Waals surface area contributed by atoms with E-state index in [1.165, 1.54) is 0 Å². The molecule has 0 unspecified atom stereocenters. The minimum atomic E-state index is -0.778. The molecule has 0 radical (unpaired) electrons. The maximum absolute atomic E-state index is 13.2. The number of nitrogens with one attached hydrogen (secondary N) is 2. The van der Waals surface area contributed by atoms with Gasteiger partial charge in [0.15, 0.2) is 5.78 Å². The summed E-state index contributed by atoms with van der Waals surface area (Å²) in [5.74, 6) is -0.703. The summed E-state index contributed by atoms with van der Waals surface area (Å²) >= 11 is 7.43. The fourth-order valence-corrected chi connectivity index (χ4v) is 3.53. The molecule has 0 aromatic heterocycles. The highest BCUT2D eigenvalue weighted by Crippen LogP contribution is 2.24. The second-order valence-electron chi connectivity index (χ2n) is 7.41. The van der Waals surface area contributed by atoms with E-state index < -0.39 is 11.9 Å². The third-order valence-electron chi connectivity index (χ3n) is 4.93. The van der Waals surface area contributed by atoms with Crippen LogP contribution in [0.25, 0.3) is 0 Å². The first kappa shape index (κ1) is 24.7. The summed E-state index contributed by atoms with van der Waals surface area (Å²) in [5, 5.41) is 5.53. The molecule has 6 nitrogen and oxygen atoms in total. The van der Waals surface area contributed by atoms with E-state index in [1.54, 1.807) is 42.5 Å². The van der Waals surface area contributed by atoms with Crippen LogP contribution in [0.1, 0.15) is 27.9 Å².